The maximum absolute atomic E-state index is 10.9. The molecule has 1 fully saturated rings. The number of cyclic esters (lactones) is 1. The highest BCUT2D eigenvalue weighted by molar-refractivity contribution is 5.70. The van der Waals surface area contributed by atoms with Gasteiger partial charge in [-0.25, -0.2) is 4.79 Å². The molecule has 5 heteroatoms. The van der Waals surface area contributed by atoms with Gasteiger partial charge in [0.1, 0.15) is 6.61 Å². The van der Waals surface area contributed by atoms with Crippen LogP contribution >= 0.6 is 0 Å². The quantitative estimate of drug-likeness (QED) is 0.697. The van der Waals surface area contributed by atoms with Crippen LogP contribution in [0.1, 0.15) is 13.3 Å². The van der Waals surface area contributed by atoms with E-state index < -0.39 is 11.9 Å². The van der Waals surface area contributed by atoms with Crippen LogP contribution in [0, 0.1) is 5.92 Å². The maximum Gasteiger partial charge on any atom is 0.409 e. The van der Waals surface area contributed by atoms with Crippen molar-refractivity contribution in [2.24, 2.45) is 5.92 Å². The van der Waals surface area contributed by atoms with Crippen LogP contribution < -0.4 is 0 Å². The van der Waals surface area contributed by atoms with Crippen molar-refractivity contribution in [2.75, 3.05) is 19.7 Å². The molecule has 0 aromatic carbocycles. The molecular formula is C8H13NO4. The third-order valence-corrected chi connectivity index (χ3v) is 2.10. The molecule has 13 heavy (non-hydrogen) atoms. The Balaban J connectivity index is 2.25. The predicted octanol–water partition coefficient (Wildman–Crippen LogP) is 0.549. The second-order valence-corrected chi connectivity index (χ2v) is 3.13. The molecular weight excluding hydrogens is 174 g/mol. The van der Waals surface area contributed by atoms with Crippen LogP contribution in [0.5, 0.6) is 0 Å². The average molecular weight is 187 g/mol. The Morgan fingerprint density at radius 1 is 1.77 bits per heavy atom. The minimum Gasteiger partial charge on any atom is -0.481 e. The van der Waals surface area contributed by atoms with E-state index in [0.717, 1.165) is 0 Å². The standard InChI is InChI=1S/C8H13NO4/c1-6(7(10)11)2-3-9-4-5-13-8(9)12/h6H,2-5H2,1H3,(H,10,11). The lowest BCUT2D eigenvalue weighted by molar-refractivity contribution is -0.141. The number of carbonyl (C=O) groups excluding carboxylic acids is 1. The van der Waals surface area contributed by atoms with E-state index in [9.17, 15) is 9.59 Å². The Morgan fingerprint density at radius 2 is 2.46 bits per heavy atom. The molecule has 0 bridgehead atoms. The van der Waals surface area contributed by atoms with Gasteiger partial charge in [-0.2, -0.15) is 0 Å². The molecule has 1 atom stereocenters. The number of ether oxygens (including phenoxy) is 1. The molecule has 1 N–H and O–H groups in total. The van der Waals surface area contributed by atoms with E-state index >= 15 is 0 Å². The summed E-state index contributed by atoms with van der Waals surface area (Å²) in [7, 11) is 0. The van der Waals surface area contributed by atoms with Gasteiger partial charge in [0, 0.05) is 6.54 Å². The van der Waals surface area contributed by atoms with Crippen LogP contribution in [0.25, 0.3) is 0 Å². The van der Waals surface area contributed by atoms with Crippen LogP contribution in [0.2, 0.25) is 0 Å². The number of aliphatic carboxylic acids is 1. The fourth-order valence-electron chi connectivity index (χ4n) is 1.10. The topological polar surface area (TPSA) is 66.8 Å². The minimum atomic E-state index is -0.826. The van der Waals surface area contributed by atoms with Gasteiger partial charge in [0.25, 0.3) is 0 Å². The normalized spacial score (nSPS) is 18.5. The molecule has 0 aromatic rings. The fraction of sp³-hybridized carbons (Fsp3) is 0.750. The van der Waals surface area contributed by atoms with E-state index in [-0.39, 0.29) is 6.09 Å². The summed E-state index contributed by atoms with van der Waals surface area (Å²) in [6.45, 7) is 3.08. The SMILES string of the molecule is CC(CCN1CCOC1=O)C(=O)O. The Hall–Kier alpha value is -1.26. The van der Waals surface area contributed by atoms with Crippen molar-refractivity contribution in [3.63, 3.8) is 0 Å². The van der Waals surface area contributed by atoms with Gasteiger partial charge in [-0.1, -0.05) is 6.92 Å². The van der Waals surface area contributed by atoms with Crippen molar-refractivity contribution in [2.45, 2.75) is 13.3 Å². The Kier molecular flexibility index (Phi) is 3.11. The monoisotopic (exact) mass is 187 g/mol. The molecule has 0 saturated carbocycles. The lowest BCUT2D eigenvalue weighted by Gasteiger charge is -2.13. The number of amides is 1. The molecule has 0 spiro atoms. The number of carbonyl (C=O) groups is 2. The zero-order chi connectivity index (χ0) is 9.84. The molecule has 1 amide bonds. The number of carboxylic acid groups (broad SMARTS) is 1. The number of nitrogens with zero attached hydrogens (tertiary/aromatic N) is 1. The maximum atomic E-state index is 10.9. The molecule has 1 heterocycles. The van der Waals surface area contributed by atoms with Crippen LogP contribution in [0.15, 0.2) is 0 Å². The van der Waals surface area contributed by atoms with Crippen LogP contribution in [0.3, 0.4) is 0 Å². The number of rotatable bonds is 4. The van der Waals surface area contributed by atoms with E-state index in [2.05, 4.69) is 0 Å². The first-order valence-electron chi connectivity index (χ1n) is 4.25. The summed E-state index contributed by atoms with van der Waals surface area (Å²) in [6.07, 6.45) is 0.141. The van der Waals surface area contributed by atoms with Crippen molar-refractivity contribution in [3.05, 3.63) is 0 Å². The fourth-order valence-corrected chi connectivity index (χ4v) is 1.10. The van der Waals surface area contributed by atoms with E-state index in [1.54, 1.807) is 6.92 Å². The zero-order valence-corrected chi connectivity index (χ0v) is 7.52. The summed E-state index contributed by atoms with van der Waals surface area (Å²) >= 11 is 0. The number of hydrogen-bond acceptors (Lipinski definition) is 3. The van der Waals surface area contributed by atoms with E-state index in [1.807, 2.05) is 0 Å². The molecule has 0 aromatic heterocycles. The molecule has 0 aliphatic carbocycles. The lowest BCUT2D eigenvalue weighted by atomic mass is 10.1. The van der Waals surface area contributed by atoms with Crippen molar-refractivity contribution in [3.8, 4) is 0 Å². The highest BCUT2D eigenvalue weighted by Crippen LogP contribution is 2.08. The molecule has 1 aliphatic rings. The van der Waals surface area contributed by atoms with Crippen LogP contribution in [0.4, 0.5) is 4.79 Å². The number of carboxylic acids is 1. The second kappa shape index (κ2) is 4.11. The van der Waals surface area contributed by atoms with Crippen LogP contribution in [-0.4, -0.2) is 41.8 Å². The molecule has 1 unspecified atom stereocenters. The van der Waals surface area contributed by atoms with Gasteiger partial charge in [-0.15, -0.1) is 0 Å². The van der Waals surface area contributed by atoms with Gasteiger partial charge in [-0.05, 0) is 6.42 Å². The second-order valence-electron chi connectivity index (χ2n) is 3.13. The molecule has 1 aliphatic heterocycles. The summed E-state index contributed by atoms with van der Waals surface area (Å²) in [6, 6.07) is 0. The Morgan fingerprint density at radius 3 is 2.92 bits per heavy atom. The van der Waals surface area contributed by atoms with Crippen LogP contribution in [-0.2, 0) is 9.53 Å². The lowest BCUT2D eigenvalue weighted by Crippen LogP contribution is -2.27. The van der Waals surface area contributed by atoms with E-state index in [1.165, 1.54) is 4.90 Å². The van der Waals surface area contributed by atoms with Crippen molar-refractivity contribution in [1.82, 2.24) is 4.90 Å². The first-order chi connectivity index (χ1) is 6.11. The Bertz CT molecular complexity index is 216. The first-order valence-corrected chi connectivity index (χ1v) is 4.25. The molecule has 0 radical (unpaired) electrons. The minimum absolute atomic E-state index is 0.336. The summed E-state index contributed by atoms with van der Waals surface area (Å²) < 4.78 is 4.70. The highest BCUT2D eigenvalue weighted by atomic mass is 16.6. The van der Waals surface area contributed by atoms with Gasteiger partial charge in [-0.3, -0.25) is 4.79 Å². The smallest absolute Gasteiger partial charge is 0.409 e. The van der Waals surface area contributed by atoms with E-state index in [4.69, 9.17) is 9.84 Å². The summed E-state index contributed by atoms with van der Waals surface area (Å²) in [5.74, 6) is -1.24. The molecule has 1 rings (SSSR count). The van der Waals surface area contributed by atoms with E-state index in [0.29, 0.717) is 26.1 Å². The third-order valence-electron chi connectivity index (χ3n) is 2.10. The van der Waals surface area contributed by atoms with Gasteiger partial charge in [0.15, 0.2) is 0 Å². The van der Waals surface area contributed by atoms with Gasteiger partial charge >= 0.3 is 12.1 Å². The zero-order valence-electron chi connectivity index (χ0n) is 7.52. The largest absolute Gasteiger partial charge is 0.481 e. The summed E-state index contributed by atoms with van der Waals surface area (Å²) in [5, 5.41) is 8.59. The Labute approximate surface area is 76.3 Å². The number of hydrogen-bond donors (Lipinski definition) is 1. The van der Waals surface area contributed by atoms with Crippen molar-refractivity contribution >= 4 is 12.1 Å². The van der Waals surface area contributed by atoms with Crippen molar-refractivity contribution < 1.29 is 19.4 Å². The predicted molar refractivity (Wildman–Crippen MR) is 44.3 cm³/mol. The first kappa shape index (κ1) is 9.83. The van der Waals surface area contributed by atoms with Gasteiger partial charge in [0.05, 0.1) is 12.5 Å². The van der Waals surface area contributed by atoms with Gasteiger partial charge < -0.3 is 14.7 Å². The highest BCUT2D eigenvalue weighted by Gasteiger charge is 2.22. The summed E-state index contributed by atoms with van der Waals surface area (Å²) in [5.41, 5.74) is 0. The molecule has 74 valence electrons. The van der Waals surface area contributed by atoms with Gasteiger partial charge in [0.2, 0.25) is 0 Å². The molecule has 1 saturated heterocycles. The molecule has 5 nitrogen and oxygen atoms in total. The average Bonchev–Trinajstić information content (AvgIpc) is 2.47. The third kappa shape index (κ3) is 2.61. The van der Waals surface area contributed by atoms with Crippen molar-refractivity contribution in [1.29, 1.82) is 0 Å². The summed E-state index contributed by atoms with van der Waals surface area (Å²) in [4.78, 5) is 22.9.